The molecule has 0 saturated heterocycles. The fraction of sp³-hybridized carbons (Fsp3) is 0.308. The molecule has 0 spiro atoms. The highest BCUT2D eigenvalue weighted by molar-refractivity contribution is 5.97. The Morgan fingerprint density at radius 3 is 2.85 bits per heavy atom. The van der Waals surface area contributed by atoms with Crippen molar-refractivity contribution < 1.29 is 14.6 Å². The number of aryl methyl sites for hydroxylation is 1. The number of aromatic nitrogens is 3. The van der Waals surface area contributed by atoms with Gasteiger partial charge in [-0.15, -0.1) is 0 Å². The largest absolute Gasteiger partial charge is 0.507 e. The molecule has 0 aliphatic rings. The molecule has 20 heavy (non-hydrogen) atoms. The van der Waals surface area contributed by atoms with Gasteiger partial charge in [-0.2, -0.15) is 5.10 Å². The van der Waals surface area contributed by atoms with E-state index in [1.807, 2.05) is 0 Å². The molecule has 1 amide bonds. The van der Waals surface area contributed by atoms with Gasteiger partial charge in [-0.1, -0.05) is 0 Å². The molecule has 3 N–H and O–H groups in total. The lowest BCUT2D eigenvalue weighted by atomic mass is 10.1. The van der Waals surface area contributed by atoms with Gasteiger partial charge in [0.1, 0.15) is 17.3 Å². The molecule has 1 unspecified atom stereocenters. The van der Waals surface area contributed by atoms with Crippen LogP contribution in [0, 0.1) is 6.92 Å². The van der Waals surface area contributed by atoms with Crippen molar-refractivity contribution in [3.05, 3.63) is 35.4 Å². The highest BCUT2D eigenvalue weighted by atomic mass is 16.5. The van der Waals surface area contributed by atoms with Gasteiger partial charge in [0, 0.05) is 0 Å². The molecule has 0 aliphatic heterocycles. The predicted octanol–water partition coefficient (Wildman–Crippen LogP) is 1.32. The highest BCUT2D eigenvalue weighted by Gasteiger charge is 2.18. The molecular formula is C13H16N4O3. The zero-order valence-corrected chi connectivity index (χ0v) is 11.5. The lowest BCUT2D eigenvalue weighted by Crippen LogP contribution is -2.27. The van der Waals surface area contributed by atoms with Crippen LogP contribution in [0.3, 0.4) is 0 Å². The Bertz CT molecular complexity index is 624. The Labute approximate surface area is 116 Å². The number of amides is 1. The second-order valence-electron chi connectivity index (χ2n) is 4.36. The van der Waals surface area contributed by atoms with Gasteiger partial charge in [0.05, 0.1) is 18.7 Å². The Balaban J connectivity index is 2.15. The lowest BCUT2D eigenvalue weighted by molar-refractivity contribution is 0.0935. The minimum absolute atomic E-state index is 0.110. The minimum atomic E-state index is -0.420. The van der Waals surface area contributed by atoms with Gasteiger partial charge in [0.15, 0.2) is 5.82 Å². The molecule has 1 atom stereocenters. The number of methoxy groups -OCH3 is 1. The Kier molecular flexibility index (Phi) is 3.88. The number of ether oxygens (including phenoxy) is 1. The number of hydrogen-bond acceptors (Lipinski definition) is 5. The van der Waals surface area contributed by atoms with Crippen molar-refractivity contribution in [2.75, 3.05) is 7.11 Å². The van der Waals surface area contributed by atoms with E-state index in [2.05, 4.69) is 20.5 Å². The highest BCUT2D eigenvalue weighted by Crippen LogP contribution is 2.23. The van der Waals surface area contributed by atoms with Crippen LogP contribution in [0.4, 0.5) is 0 Å². The van der Waals surface area contributed by atoms with Crippen LogP contribution in [-0.4, -0.2) is 33.3 Å². The molecule has 2 aromatic rings. The monoisotopic (exact) mass is 276 g/mol. The summed E-state index contributed by atoms with van der Waals surface area (Å²) in [7, 11) is 1.49. The fourth-order valence-corrected chi connectivity index (χ4v) is 1.72. The third-order valence-corrected chi connectivity index (χ3v) is 2.80. The van der Waals surface area contributed by atoms with E-state index in [9.17, 15) is 9.90 Å². The average molecular weight is 276 g/mol. The summed E-state index contributed by atoms with van der Waals surface area (Å²) in [6.07, 6.45) is 0. The Morgan fingerprint density at radius 1 is 1.50 bits per heavy atom. The number of nitrogens with one attached hydrogen (secondary N) is 2. The molecule has 0 bridgehead atoms. The summed E-state index contributed by atoms with van der Waals surface area (Å²) in [5.74, 6) is 1.12. The number of phenolic OH excluding ortho intramolecular Hbond substituents is 1. The number of benzene rings is 1. The van der Waals surface area contributed by atoms with Crippen molar-refractivity contribution in [2.45, 2.75) is 19.9 Å². The number of hydrogen-bond donors (Lipinski definition) is 3. The first-order valence-corrected chi connectivity index (χ1v) is 6.08. The first-order valence-electron chi connectivity index (χ1n) is 6.08. The second-order valence-corrected chi connectivity index (χ2v) is 4.36. The summed E-state index contributed by atoms with van der Waals surface area (Å²) < 4.78 is 5.03. The van der Waals surface area contributed by atoms with Crippen LogP contribution in [0.25, 0.3) is 0 Å². The van der Waals surface area contributed by atoms with Crippen LogP contribution in [0.15, 0.2) is 18.2 Å². The third-order valence-electron chi connectivity index (χ3n) is 2.80. The molecule has 1 aromatic carbocycles. The lowest BCUT2D eigenvalue weighted by Gasteiger charge is -2.12. The molecule has 0 aliphatic carbocycles. The van der Waals surface area contributed by atoms with Crippen LogP contribution in [0.2, 0.25) is 0 Å². The fourth-order valence-electron chi connectivity index (χ4n) is 1.72. The van der Waals surface area contributed by atoms with Crippen LogP contribution in [0.1, 0.15) is 35.0 Å². The van der Waals surface area contributed by atoms with Crippen molar-refractivity contribution >= 4 is 5.91 Å². The number of carbonyl (C=O) groups excluding carboxylic acids is 1. The van der Waals surface area contributed by atoms with Gasteiger partial charge in [0.25, 0.3) is 5.91 Å². The van der Waals surface area contributed by atoms with Gasteiger partial charge >= 0.3 is 0 Å². The molecule has 1 heterocycles. The molecule has 2 rings (SSSR count). The van der Waals surface area contributed by atoms with E-state index in [-0.39, 0.29) is 17.4 Å². The van der Waals surface area contributed by atoms with Crippen molar-refractivity contribution in [2.24, 2.45) is 0 Å². The Hall–Kier alpha value is -2.57. The standard InChI is InChI=1S/C13H16N4O3/c1-7(12-15-8(2)16-17-12)14-13(19)10-6-9(20-3)4-5-11(10)18/h4-7,18H,1-3H3,(H,14,19)(H,15,16,17). The van der Waals surface area contributed by atoms with E-state index < -0.39 is 5.91 Å². The molecule has 7 nitrogen and oxygen atoms in total. The Morgan fingerprint density at radius 2 is 2.25 bits per heavy atom. The number of H-pyrrole nitrogens is 1. The molecule has 0 radical (unpaired) electrons. The van der Waals surface area contributed by atoms with E-state index in [4.69, 9.17) is 4.74 Å². The molecule has 0 fully saturated rings. The summed E-state index contributed by atoms with van der Waals surface area (Å²) in [6.45, 7) is 3.54. The predicted molar refractivity (Wildman–Crippen MR) is 71.7 cm³/mol. The number of phenols is 1. The van der Waals surface area contributed by atoms with E-state index in [0.717, 1.165) is 0 Å². The summed E-state index contributed by atoms with van der Waals surface area (Å²) in [4.78, 5) is 16.3. The third kappa shape index (κ3) is 2.87. The molecule has 0 saturated carbocycles. The smallest absolute Gasteiger partial charge is 0.255 e. The van der Waals surface area contributed by atoms with E-state index >= 15 is 0 Å². The molecule has 106 valence electrons. The summed E-state index contributed by atoms with van der Waals surface area (Å²) in [5.41, 5.74) is 0.142. The molecule has 1 aromatic heterocycles. The maximum Gasteiger partial charge on any atom is 0.255 e. The van der Waals surface area contributed by atoms with Crippen molar-refractivity contribution in [1.82, 2.24) is 20.5 Å². The first-order chi connectivity index (χ1) is 9.51. The van der Waals surface area contributed by atoms with Gasteiger partial charge in [-0.25, -0.2) is 4.98 Å². The average Bonchev–Trinajstić information content (AvgIpc) is 2.86. The van der Waals surface area contributed by atoms with Crippen molar-refractivity contribution in [3.8, 4) is 11.5 Å². The second kappa shape index (κ2) is 5.60. The van der Waals surface area contributed by atoms with E-state index in [0.29, 0.717) is 17.4 Å². The number of carbonyl (C=O) groups is 1. The summed E-state index contributed by atoms with van der Waals surface area (Å²) in [5, 5.41) is 19.1. The summed E-state index contributed by atoms with van der Waals surface area (Å²) >= 11 is 0. The van der Waals surface area contributed by atoms with Crippen LogP contribution >= 0.6 is 0 Å². The number of nitrogens with zero attached hydrogens (tertiary/aromatic N) is 2. The summed E-state index contributed by atoms with van der Waals surface area (Å²) in [6, 6.07) is 4.09. The van der Waals surface area contributed by atoms with Crippen LogP contribution in [-0.2, 0) is 0 Å². The first kappa shape index (κ1) is 13.9. The number of aromatic hydroxyl groups is 1. The maximum absolute atomic E-state index is 12.1. The minimum Gasteiger partial charge on any atom is -0.507 e. The van der Waals surface area contributed by atoms with Crippen molar-refractivity contribution in [1.29, 1.82) is 0 Å². The number of rotatable bonds is 4. The zero-order valence-electron chi connectivity index (χ0n) is 11.5. The SMILES string of the molecule is COc1ccc(O)c(C(=O)NC(C)c2n[nH]c(C)n2)c1. The van der Waals surface area contributed by atoms with Crippen molar-refractivity contribution in [3.63, 3.8) is 0 Å². The zero-order chi connectivity index (χ0) is 14.7. The van der Waals surface area contributed by atoms with Gasteiger partial charge < -0.3 is 15.2 Å². The van der Waals surface area contributed by atoms with E-state index in [1.54, 1.807) is 19.9 Å². The van der Waals surface area contributed by atoms with Gasteiger partial charge in [0.2, 0.25) is 0 Å². The maximum atomic E-state index is 12.1. The molecular weight excluding hydrogens is 260 g/mol. The topological polar surface area (TPSA) is 100 Å². The quantitative estimate of drug-likeness (QED) is 0.782. The van der Waals surface area contributed by atoms with E-state index in [1.165, 1.54) is 19.2 Å². The number of aromatic amines is 1. The van der Waals surface area contributed by atoms with Crippen LogP contribution < -0.4 is 10.1 Å². The van der Waals surface area contributed by atoms with Crippen LogP contribution in [0.5, 0.6) is 11.5 Å². The van der Waals surface area contributed by atoms with Gasteiger partial charge in [-0.3, -0.25) is 9.89 Å². The normalized spacial score (nSPS) is 11.9. The molecule has 7 heteroatoms. The van der Waals surface area contributed by atoms with Gasteiger partial charge in [-0.05, 0) is 32.0 Å².